The topological polar surface area (TPSA) is 270 Å². The van der Waals surface area contributed by atoms with Crippen molar-refractivity contribution in [3.63, 3.8) is 0 Å². The number of fused-ring (bicyclic) bond motifs is 15. The van der Waals surface area contributed by atoms with Crippen LogP contribution in [0, 0.1) is 36.4 Å². The summed E-state index contributed by atoms with van der Waals surface area (Å²) >= 11 is 0. The summed E-state index contributed by atoms with van der Waals surface area (Å²) < 4.78 is 47.6. The highest BCUT2D eigenvalue weighted by atomic mass is 19.1. The predicted octanol–water partition coefficient (Wildman–Crippen LogP) is 5.28. The van der Waals surface area contributed by atoms with Crippen molar-refractivity contribution < 1.29 is 77.3 Å². The monoisotopic (exact) mass is 1050 g/mol. The number of aliphatic hydroxyl groups is 2. The number of aliphatic hydroxyl groups excluding tert-OH is 2. The maximum Gasteiger partial charge on any atom is 0.341 e. The number of allylic oxidation sites excluding steroid dienone is 4. The number of piperazine rings is 1. The SMILES string of the molecule is COc1c(N2CCN(C3=C4NC(=O)C(C)=CC=C[C@H](C)[C@H](O)[C@@H](C)[C@@H](O)[C@@H](C)[C@H](OC(C)=O)[C@H](C)[C@@H](OC)C=CO[C@@]5(C)Oc6c(C)c(O)c(c(c6C5=O)C3=O)C4=O)CC2)c(F)cc2c(=O)c(C(=O)O)cn(C3CC3)c12. The van der Waals surface area contributed by atoms with Gasteiger partial charge in [0.25, 0.3) is 11.7 Å². The molecule has 2 aliphatic carbocycles. The Morgan fingerprint density at radius 1 is 0.882 bits per heavy atom. The molecule has 1 aromatic heterocycles. The van der Waals surface area contributed by atoms with E-state index in [-0.39, 0.29) is 82.7 Å². The van der Waals surface area contributed by atoms with Gasteiger partial charge < -0.3 is 63.8 Å². The van der Waals surface area contributed by atoms with E-state index in [1.165, 1.54) is 71.2 Å². The number of aromatic carboxylic acids is 1. The highest BCUT2D eigenvalue weighted by Gasteiger charge is 2.53. The molecule has 9 rings (SSSR count). The van der Waals surface area contributed by atoms with Crippen molar-refractivity contribution in [1.29, 1.82) is 0 Å². The lowest BCUT2D eigenvalue weighted by Gasteiger charge is -2.40. The van der Waals surface area contributed by atoms with Gasteiger partial charge in [-0.15, -0.1) is 0 Å². The number of amides is 1. The molecule has 1 amide bonds. The number of hydrogen-bond donors (Lipinski definition) is 5. The fraction of sp³-hybridized carbons (Fsp3) is 0.473. The van der Waals surface area contributed by atoms with E-state index in [2.05, 4.69) is 5.32 Å². The number of benzene rings is 2. The van der Waals surface area contributed by atoms with Gasteiger partial charge in [-0.25, -0.2) is 9.18 Å². The van der Waals surface area contributed by atoms with Gasteiger partial charge in [-0.1, -0.05) is 45.9 Å². The highest BCUT2D eigenvalue weighted by Crippen LogP contribution is 2.50. The van der Waals surface area contributed by atoms with Crippen LogP contribution in [0.25, 0.3) is 10.9 Å². The Morgan fingerprint density at radius 2 is 1.54 bits per heavy atom. The number of esters is 1. The van der Waals surface area contributed by atoms with Crippen molar-refractivity contribution in [3.8, 4) is 17.2 Å². The number of rotatable bonds is 7. The molecule has 9 atom stereocenters. The molecule has 1 saturated heterocycles. The number of phenolic OH excluding ortho intramolecular Hbond substituents is 1. The third kappa shape index (κ3) is 9.52. The van der Waals surface area contributed by atoms with Crippen molar-refractivity contribution in [2.45, 2.75) is 104 Å². The number of carboxylic acid groups (broad SMARTS) is 1. The Balaban J connectivity index is 1.22. The first kappa shape index (κ1) is 54.9. The van der Waals surface area contributed by atoms with Crippen LogP contribution in [0.3, 0.4) is 0 Å². The van der Waals surface area contributed by atoms with E-state index in [0.29, 0.717) is 12.8 Å². The van der Waals surface area contributed by atoms with E-state index in [9.17, 15) is 44.4 Å². The van der Waals surface area contributed by atoms with Gasteiger partial charge in [0.15, 0.2) is 11.6 Å². The Bertz CT molecular complexity index is 3150. The third-order valence-electron chi connectivity index (χ3n) is 15.4. The number of halogens is 1. The molecule has 5 N–H and O–H groups in total. The summed E-state index contributed by atoms with van der Waals surface area (Å²) in [4.78, 5) is 100. The van der Waals surface area contributed by atoms with Crippen molar-refractivity contribution in [2.24, 2.45) is 23.7 Å². The second-order valence-corrected chi connectivity index (χ2v) is 20.4. The smallest absolute Gasteiger partial charge is 0.341 e. The molecule has 6 aliphatic rings. The molecule has 1 saturated carbocycles. The number of Topliss-reactive ketones (excluding diaryl/α,β-unsaturated/α-hetero) is 3. The number of nitrogens with one attached hydrogen (secondary N) is 1. The van der Waals surface area contributed by atoms with E-state index in [4.69, 9.17) is 23.7 Å². The molecule has 5 heterocycles. The fourth-order valence-electron chi connectivity index (χ4n) is 10.9. The first-order valence-electron chi connectivity index (χ1n) is 25.1. The van der Waals surface area contributed by atoms with Crippen LogP contribution in [-0.2, 0) is 23.8 Å². The van der Waals surface area contributed by atoms with Gasteiger partial charge in [-0.3, -0.25) is 28.8 Å². The van der Waals surface area contributed by atoms with Gasteiger partial charge in [0.05, 0.1) is 59.3 Å². The van der Waals surface area contributed by atoms with Crippen molar-refractivity contribution in [3.05, 3.63) is 104 Å². The molecule has 20 nitrogen and oxygen atoms in total. The van der Waals surface area contributed by atoms with E-state index in [0.717, 1.165) is 12.3 Å². The number of ketones is 3. The number of anilines is 1. The highest BCUT2D eigenvalue weighted by molar-refractivity contribution is 6.32. The minimum atomic E-state index is -2.20. The number of ether oxygens (including phenoxy) is 5. The largest absolute Gasteiger partial charge is 0.507 e. The number of phenols is 1. The Labute approximate surface area is 437 Å². The lowest BCUT2D eigenvalue weighted by atomic mass is 9.78. The molecule has 2 aromatic carbocycles. The summed E-state index contributed by atoms with van der Waals surface area (Å²) in [7, 11) is 2.70. The van der Waals surface area contributed by atoms with Gasteiger partial charge in [-0.05, 0) is 38.8 Å². The summed E-state index contributed by atoms with van der Waals surface area (Å²) in [5, 5.41) is 47.2. The molecule has 3 aromatic rings. The average Bonchev–Trinajstić information content (AvgIpc) is 4.24. The normalized spacial score (nSPS) is 27.6. The third-order valence-corrected chi connectivity index (χ3v) is 15.4. The molecule has 406 valence electrons. The number of carbonyl (C=O) groups is 6. The Kier molecular flexibility index (Phi) is 15.2. The lowest BCUT2D eigenvalue weighted by Crippen LogP contribution is -2.50. The predicted molar refractivity (Wildman–Crippen MR) is 272 cm³/mol. The van der Waals surface area contributed by atoms with Crippen LogP contribution in [-0.4, -0.2) is 136 Å². The zero-order valence-electron chi connectivity index (χ0n) is 43.9. The van der Waals surface area contributed by atoms with Crippen LogP contribution in [0.1, 0.15) is 114 Å². The Morgan fingerprint density at radius 3 is 2.14 bits per heavy atom. The summed E-state index contributed by atoms with van der Waals surface area (Å²) in [5.74, 6) is -12.6. The standard InChI is InChI=1S/C55H63FN4O16/c1-24-12-11-13-25(2)53(69)57-39-42(59-19-17-58(18-20-59)41-34(56)22-32-40(51(41)73-10)60(31-14-15-31)23-33(46(32)65)54(70)71)48(67)36-37(47(39)66)45(64)29(6)50-38(36)52(68)55(8,76-50)74-21-16-35(72-9)26(3)49(75-30(7)61)28(5)44(63)27(4)43(24)62/h11-13,16,21-24,26-28,31,35,43-44,49,62-64H,14-15,17-20H2,1-10H3,(H,57,69)(H,70,71)/t24-,26+,27+,28+,35-,43-,44+,49+,55-/m0/s1. The van der Waals surface area contributed by atoms with E-state index >= 15 is 14.0 Å². The maximum atomic E-state index is 16.5. The molecule has 2 fully saturated rings. The van der Waals surface area contributed by atoms with Crippen LogP contribution in [0.2, 0.25) is 0 Å². The number of hydrogen-bond acceptors (Lipinski definition) is 17. The molecule has 0 radical (unpaired) electrons. The molecule has 0 unspecified atom stereocenters. The number of nitrogens with zero attached hydrogens (tertiary/aromatic N) is 3. The fourth-order valence-corrected chi connectivity index (χ4v) is 10.9. The zero-order valence-corrected chi connectivity index (χ0v) is 43.9. The number of carbonyl (C=O) groups excluding carboxylic acids is 5. The quantitative estimate of drug-likeness (QED) is 0.189. The molecule has 21 heteroatoms. The summed E-state index contributed by atoms with van der Waals surface area (Å²) in [6.07, 6.45) is 5.54. The van der Waals surface area contributed by atoms with E-state index in [1.54, 1.807) is 43.2 Å². The summed E-state index contributed by atoms with van der Waals surface area (Å²) in [6.45, 7) is 11.8. The minimum absolute atomic E-state index is 0.0157. The number of methoxy groups -OCH3 is 2. The van der Waals surface area contributed by atoms with Gasteiger partial charge in [0.1, 0.15) is 40.2 Å². The second kappa shape index (κ2) is 21.0. The van der Waals surface area contributed by atoms with E-state index in [1.807, 2.05) is 0 Å². The van der Waals surface area contributed by atoms with Crippen LogP contribution in [0.5, 0.6) is 17.2 Å². The molecule has 4 aliphatic heterocycles. The molecule has 5 bridgehead atoms. The summed E-state index contributed by atoms with van der Waals surface area (Å²) in [5.41, 5.74) is -3.58. The van der Waals surface area contributed by atoms with Crippen LogP contribution in [0.15, 0.2) is 64.6 Å². The Hall–Kier alpha value is -7.36. The van der Waals surface area contributed by atoms with Gasteiger partial charge in [0.2, 0.25) is 17.0 Å². The molecule has 76 heavy (non-hydrogen) atoms. The van der Waals surface area contributed by atoms with Crippen molar-refractivity contribution in [2.75, 3.05) is 45.3 Å². The molecule has 0 spiro atoms. The number of aromatic nitrogens is 1. The molecular formula is C55H63FN4O16. The average molecular weight is 1060 g/mol. The van der Waals surface area contributed by atoms with E-state index < -0.39 is 128 Å². The maximum absolute atomic E-state index is 16.5. The van der Waals surface area contributed by atoms with Crippen molar-refractivity contribution in [1.82, 2.24) is 14.8 Å². The second-order valence-electron chi connectivity index (χ2n) is 20.4. The summed E-state index contributed by atoms with van der Waals surface area (Å²) in [6, 6.07) is 0.823. The van der Waals surface area contributed by atoms with Crippen molar-refractivity contribution >= 4 is 51.8 Å². The number of aromatic hydroxyl groups is 1. The molecular weight excluding hydrogens is 992 g/mol. The van der Waals surface area contributed by atoms with Crippen LogP contribution < -0.4 is 25.1 Å². The number of carboxylic acids is 1. The first-order valence-corrected chi connectivity index (χ1v) is 25.1. The van der Waals surface area contributed by atoms with Crippen LogP contribution >= 0.6 is 0 Å². The zero-order chi connectivity index (χ0) is 55.6. The van der Waals surface area contributed by atoms with Gasteiger partial charge >= 0.3 is 17.7 Å². The lowest BCUT2D eigenvalue weighted by molar-refractivity contribution is -0.160. The number of pyridine rings is 1. The first-order chi connectivity index (χ1) is 35.9. The van der Waals surface area contributed by atoms with Gasteiger partial charge in [-0.2, -0.15) is 0 Å². The van der Waals surface area contributed by atoms with Crippen LogP contribution in [0.4, 0.5) is 10.1 Å². The minimum Gasteiger partial charge on any atom is -0.507 e. The van der Waals surface area contributed by atoms with Gasteiger partial charge in [0, 0.05) is 94.2 Å².